The van der Waals surface area contributed by atoms with Crippen LogP contribution in [0.25, 0.3) is 11.1 Å². The number of fused-ring (bicyclic) bond motifs is 1. The van der Waals surface area contributed by atoms with Gasteiger partial charge in [0.25, 0.3) is 11.3 Å². The van der Waals surface area contributed by atoms with Crippen LogP contribution in [-0.2, 0) is 16.1 Å². The Balaban J connectivity index is 2.19. The molecule has 9 nitrogen and oxygen atoms in total. The van der Waals surface area contributed by atoms with Crippen molar-refractivity contribution in [3.8, 4) is 0 Å². The number of nitrogens with zero attached hydrogens (tertiary/aromatic N) is 4. The second-order valence-corrected chi connectivity index (χ2v) is 10.1. The van der Waals surface area contributed by atoms with E-state index in [2.05, 4.69) is 12.1 Å². The maximum absolute atomic E-state index is 13.8. The number of rotatable bonds is 13. The first kappa shape index (κ1) is 28.1. The van der Waals surface area contributed by atoms with Crippen molar-refractivity contribution in [2.45, 2.75) is 85.2 Å². The highest BCUT2D eigenvalue weighted by atomic mass is 16.5. The van der Waals surface area contributed by atoms with E-state index in [1.54, 1.807) is 16.4 Å². The molecule has 3 rings (SSSR count). The lowest BCUT2D eigenvalue weighted by Crippen LogP contribution is -2.46. The van der Waals surface area contributed by atoms with Crippen LogP contribution in [0.15, 0.2) is 39.6 Å². The maximum atomic E-state index is 13.8. The zero-order chi connectivity index (χ0) is 27.1. The van der Waals surface area contributed by atoms with Gasteiger partial charge >= 0.3 is 0 Å². The summed E-state index contributed by atoms with van der Waals surface area (Å²) < 4.78 is 7.13. The van der Waals surface area contributed by atoms with Crippen LogP contribution in [0.3, 0.4) is 0 Å². The van der Waals surface area contributed by atoms with Crippen LogP contribution in [0.5, 0.6) is 0 Å². The van der Waals surface area contributed by atoms with E-state index < -0.39 is 5.91 Å². The van der Waals surface area contributed by atoms with Crippen LogP contribution in [0.2, 0.25) is 0 Å². The predicted octanol–water partition coefficient (Wildman–Crippen LogP) is 4.15. The number of carbonyl (C=O) groups is 2. The SMILES string of the molecule is CCCC(C(CC)c1nc2onc(C)c2c(=O)n1Cc1ccccc1)N(CCC(N)=O)C(=O)CC(C)C. The molecule has 0 bridgehead atoms. The van der Waals surface area contributed by atoms with Gasteiger partial charge in [0.05, 0.1) is 12.2 Å². The molecule has 0 aliphatic heterocycles. The summed E-state index contributed by atoms with van der Waals surface area (Å²) in [7, 11) is 0. The summed E-state index contributed by atoms with van der Waals surface area (Å²) in [5, 5.41) is 4.35. The third kappa shape index (κ3) is 6.64. The van der Waals surface area contributed by atoms with Gasteiger partial charge in [0.15, 0.2) is 0 Å². The minimum atomic E-state index is -0.455. The monoisotopic (exact) mass is 509 g/mol. The number of hydrogen-bond donors (Lipinski definition) is 1. The van der Waals surface area contributed by atoms with E-state index in [0.717, 1.165) is 12.0 Å². The van der Waals surface area contributed by atoms with Gasteiger partial charge in [0.2, 0.25) is 11.8 Å². The van der Waals surface area contributed by atoms with E-state index in [0.29, 0.717) is 42.7 Å². The number of carbonyl (C=O) groups excluding carboxylic acids is 2. The Labute approximate surface area is 218 Å². The number of primary amides is 1. The molecule has 2 heterocycles. The predicted molar refractivity (Wildman–Crippen MR) is 143 cm³/mol. The number of amides is 2. The van der Waals surface area contributed by atoms with Crippen LogP contribution < -0.4 is 11.3 Å². The largest absolute Gasteiger partial charge is 0.370 e. The maximum Gasteiger partial charge on any atom is 0.267 e. The molecule has 2 N–H and O–H groups in total. The van der Waals surface area contributed by atoms with Crippen molar-refractivity contribution >= 4 is 22.9 Å². The van der Waals surface area contributed by atoms with Gasteiger partial charge in [-0.2, -0.15) is 4.98 Å². The van der Waals surface area contributed by atoms with Crippen molar-refractivity contribution in [2.75, 3.05) is 6.54 Å². The second kappa shape index (κ2) is 12.7. The standard InChI is InChI=1S/C28H39N5O4/c1-6-11-22(32(15-14-23(29)34)24(35)16-18(3)4)21(7-2)26-30-27-25(19(5)31-37-27)28(36)33(26)17-20-12-9-8-10-13-20/h8-10,12-13,18,21-22H,6-7,11,14-17H2,1-5H3,(H2,29,34). The summed E-state index contributed by atoms with van der Waals surface area (Å²) in [6.07, 6.45) is 2.57. The number of aryl methyl sites for hydroxylation is 1. The highest BCUT2D eigenvalue weighted by molar-refractivity contribution is 5.79. The Morgan fingerprint density at radius 3 is 2.46 bits per heavy atom. The molecule has 2 atom stereocenters. The lowest BCUT2D eigenvalue weighted by Gasteiger charge is -2.37. The Bertz CT molecular complexity index is 1260. The molecular weight excluding hydrogens is 470 g/mol. The Kier molecular flexibility index (Phi) is 9.60. The summed E-state index contributed by atoms with van der Waals surface area (Å²) in [6, 6.07) is 9.47. The Morgan fingerprint density at radius 1 is 1.16 bits per heavy atom. The summed E-state index contributed by atoms with van der Waals surface area (Å²) in [5.74, 6) is -0.0335. The molecule has 3 aromatic rings. The van der Waals surface area contributed by atoms with Gasteiger partial charge < -0.3 is 15.2 Å². The molecule has 1 aromatic carbocycles. The average molecular weight is 510 g/mol. The van der Waals surface area contributed by atoms with Crippen molar-refractivity contribution in [2.24, 2.45) is 11.7 Å². The number of nitrogens with two attached hydrogens (primary N) is 1. The molecule has 9 heteroatoms. The first-order valence-electron chi connectivity index (χ1n) is 13.2. The van der Waals surface area contributed by atoms with Crippen LogP contribution in [0.4, 0.5) is 0 Å². The minimum absolute atomic E-state index is 0.0262. The highest BCUT2D eigenvalue weighted by Gasteiger charge is 2.34. The first-order valence-corrected chi connectivity index (χ1v) is 13.2. The first-order chi connectivity index (χ1) is 17.7. The summed E-state index contributed by atoms with van der Waals surface area (Å²) in [6.45, 7) is 10.4. The number of benzene rings is 1. The Hall–Kier alpha value is -3.49. The quantitative estimate of drug-likeness (QED) is 0.369. The van der Waals surface area contributed by atoms with Crippen LogP contribution in [-0.4, -0.2) is 44.0 Å². The van der Waals surface area contributed by atoms with E-state index in [1.807, 2.05) is 51.1 Å². The van der Waals surface area contributed by atoms with Crippen LogP contribution >= 0.6 is 0 Å². The third-order valence-electron chi connectivity index (χ3n) is 6.70. The molecule has 0 saturated carbocycles. The zero-order valence-electron chi connectivity index (χ0n) is 22.6. The Morgan fingerprint density at radius 2 is 1.86 bits per heavy atom. The summed E-state index contributed by atoms with van der Waals surface area (Å²) in [5.41, 5.74) is 6.92. The lowest BCUT2D eigenvalue weighted by atomic mass is 9.89. The fourth-order valence-corrected chi connectivity index (χ4v) is 4.95. The zero-order valence-corrected chi connectivity index (χ0v) is 22.6. The molecule has 37 heavy (non-hydrogen) atoms. The molecule has 2 aromatic heterocycles. The molecule has 2 amide bonds. The normalized spacial score (nSPS) is 13.1. The van der Waals surface area contributed by atoms with E-state index in [4.69, 9.17) is 15.2 Å². The van der Waals surface area contributed by atoms with Gasteiger partial charge in [-0.05, 0) is 31.2 Å². The van der Waals surface area contributed by atoms with Gasteiger partial charge in [-0.15, -0.1) is 0 Å². The summed E-state index contributed by atoms with van der Waals surface area (Å²) >= 11 is 0. The van der Waals surface area contributed by atoms with E-state index in [9.17, 15) is 14.4 Å². The molecule has 0 fully saturated rings. The van der Waals surface area contributed by atoms with Gasteiger partial charge in [-0.1, -0.05) is 69.6 Å². The lowest BCUT2D eigenvalue weighted by molar-refractivity contribution is -0.135. The van der Waals surface area contributed by atoms with Crippen molar-refractivity contribution in [3.05, 3.63) is 57.8 Å². The van der Waals surface area contributed by atoms with Crippen molar-refractivity contribution < 1.29 is 14.1 Å². The average Bonchev–Trinajstić information content (AvgIpc) is 3.22. The molecule has 0 aliphatic carbocycles. The minimum Gasteiger partial charge on any atom is -0.370 e. The van der Waals surface area contributed by atoms with Crippen LogP contribution in [0.1, 0.15) is 82.8 Å². The molecule has 2 unspecified atom stereocenters. The highest BCUT2D eigenvalue weighted by Crippen LogP contribution is 2.31. The number of aromatic nitrogens is 3. The van der Waals surface area contributed by atoms with E-state index in [1.165, 1.54) is 0 Å². The van der Waals surface area contributed by atoms with Gasteiger partial charge in [-0.3, -0.25) is 19.0 Å². The summed E-state index contributed by atoms with van der Waals surface area (Å²) in [4.78, 5) is 45.5. The molecule has 0 spiro atoms. The molecule has 0 saturated heterocycles. The second-order valence-electron chi connectivity index (χ2n) is 10.1. The van der Waals surface area contributed by atoms with Crippen molar-refractivity contribution in [1.82, 2.24) is 19.6 Å². The van der Waals surface area contributed by atoms with Gasteiger partial charge in [0, 0.05) is 31.3 Å². The smallest absolute Gasteiger partial charge is 0.267 e. The molecule has 200 valence electrons. The van der Waals surface area contributed by atoms with Gasteiger partial charge in [-0.25, -0.2) is 0 Å². The topological polar surface area (TPSA) is 124 Å². The molecular formula is C28H39N5O4. The van der Waals surface area contributed by atoms with Gasteiger partial charge in [0.1, 0.15) is 11.2 Å². The third-order valence-corrected chi connectivity index (χ3v) is 6.70. The van der Waals surface area contributed by atoms with Crippen molar-refractivity contribution in [3.63, 3.8) is 0 Å². The van der Waals surface area contributed by atoms with Crippen LogP contribution in [0, 0.1) is 12.8 Å². The fourth-order valence-electron chi connectivity index (χ4n) is 4.95. The van der Waals surface area contributed by atoms with E-state index >= 15 is 0 Å². The van der Waals surface area contributed by atoms with Crippen molar-refractivity contribution in [1.29, 1.82) is 0 Å². The number of hydrogen-bond acceptors (Lipinski definition) is 6. The molecule has 0 radical (unpaired) electrons. The van der Waals surface area contributed by atoms with E-state index in [-0.39, 0.29) is 48.0 Å². The molecule has 0 aliphatic rings. The fraction of sp³-hybridized carbons (Fsp3) is 0.536.